The maximum atomic E-state index is 12.1. The van der Waals surface area contributed by atoms with Gasteiger partial charge in [-0.05, 0) is 35.9 Å². The lowest BCUT2D eigenvalue weighted by Crippen LogP contribution is -2.06. The van der Waals surface area contributed by atoms with Crippen molar-refractivity contribution < 1.29 is 14.3 Å². The minimum Gasteiger partial charge on any atom is -0.454 e. The predicted octanol–water partition coefficient (Wildman–Crippen LogP) is 4.21. The first-order valence-electron chi connectivity index (χ1n) is 6.91. The van der Waals surface area contributed by atoms with E-state index in [0.29, 0.717) is 22.2 Å². The van der Waals surface area contributed by atoms with E-state index < -0.39 is 0 Å². The normalized spacial score (nSPS) is 12.6. The summed E-state index contributed by atoms with van der Waals surface area (Å²) < 4.78 is 10.6. The number of benzene rings is 2. The fourth-order valence-corrected chi connectivity index (χ4v) is 2.64. The van der Waals surface area contributed by atoms with Crippen LogP contribution in [0.2, 0.25) is 10.0 Å². The molecule has 0 radical (unpaired) electrons. The van der Waals surface area contributed by atoms with Crippen molar-refractivity contribution >= 4 is 29.0 Å². The molecule has 6 heteroatoms. The van der Waals surface area contributed by atoms with Crippen molar-refractivity contribution in [1.82, 2.24) is 5.32 Å². The Hall–Kier alpha value is -2.17. The third-order valence-electron chi connectivity index (χ3n) is 3.29. The number of ketones is 1. The summed E-state index contributed by atoms with van der Waals surface area (Å²) in [6, 6.07) is 10.5. The van der Waals surface area contributed by atoms with Crippen LogP contribution in [0.1, 0.15) is 15.9 Å². The second-order valence-corrected chi connectivity index (χ2v) is 5.73. The van der Waals surface area contributed by atoms with Gasteiger partial charge in [0, 0.05) is 29.4 Å². The molecule has 0 amide bonds. The third-order valence-corrected chi connectivity index (χ3v) is 3.84. The van der Waals surface area contributed by atoms with E-state index in [1.54, 1.807) is 24.4 Å². The minimum atomic E-state index is -0.190. The van der Waals surface area contributed by atoms with Crippen molar-refractivity contribution in [3.8, 4) is 11.5 Å². The molecule has 0 spiro atoms. The zero-order valence-electron chi connectivity index (χ0n) is 12.0. The summed E-state index contributed by atoms with van der Waals surface area (Å²) in [5, 5.41) is 3.89. The molecule has 3 rings (SSSR count). The van der Waals surface area contributed by atoms with Crippen molar-refractivity contribution in [3.05, 3.63) is 69.8 Å². The van der Waals surface area contributed by atoms with Gasteiger partial charge in [0.25, 0.3) is 0 Å². The van der Waals surface area contributed by atoms with Crippen LogP contribution in [0.4, 0.5) is 0 Å². The summed E-state index contributed by atoms with van der Waals surface area (Å²) in [4.78, 5) is 12.1. The van der Waals surface area contributed by atoms with E-state index in [0.717, 1.165) is 17.1 Å². The van der Waals surface area contributed by atoms with Crippen LogP contribution in [0, 0.1) is 0 Å². The number of allylic oxidation sites excluding steroid dienone is 1. The number of hydrogen-bond acceptors (Lipinski definition) is 4. The van der Waals surface area contributed by atoms with E-state index >= 15 is 0 Å². The number of carbonyl (C=O) groups excluding carboxylic acids is 1. The highest BCUT2D eigenvalue weighted by Crippen LogP contribution is 2.32. The van der Waals surface area contributed by atoms with E-state index in [2.05, 4.69) is 5.32 Å². The summed E-state index contributed by atoms with van der Waals surface area (Å²) in [6.45, 7) is 0.817. The number of nitrogens with one attached hydrogen (secondary N) is 1. The molecule has 1 aliphatic heterocycles. The number of hydrogen-bond donors (Lipinski definition) is 1. The van der Waals surface area contributed by atoms with Gasteiger partial charge in [0.15, 0.2) is 17.3 Å². The molecule has 0 bridgehead atoms. The van der Waals surface area contributed by atoms with Crippen LogP contribution < -0.4 is 14.8 Å². The van der Waals surface area contributed by atoms with Crippen LogP contribution in [-0.2, 0) is 6.54 Å². The fraction of sp³-hybridized carbons (Fsp3) is 0.118. The van der Waals surface area contributed by atoms with Crippen LogP contribution in [0.25, 0.3) is 0 Å². The summed E-state index contributed by atoms with van der Waals surface area (Å²) in [6.07, 6.45) is 3.03. The van der Waals surface area contributed by atoms with Crippen molar-refractivity contribution in [1.29, 1.82) is 0 Å². The molecule has 2 aromatic carbocycles. The molecule has 0 atom stereocenters. The SMILES string of the molecule is O=C(/C=C/NCc1ccc2c(c1)OCO2)c1ccc(Cl)cc1Cl. The van der Waals surface area contributed by atoms with Crippen LogP contribution in [0.15, 0.2) is 48.7 Å². The summed E-state index contributed by atoms with van der Waals surface area (Å²) in [7, 11) is 0. The lowest BCUT2D eigenvalue weighted by atomic mass is 10.1. The molecule has 1 heterocycles. The molecule has 0 fully saturated rings. The van der Waals surface area contributed by atoms with Crippen molar-refractivity contribution in [2.75, 3.05) is 6.79 Å². The van der Waals surface area contributed by atoms with Gasteiger partial charge in [-0.3, -0.25) is 4.79 Å². The Morgan fingerprint density at radius 2 is 1.96 bits per heavy atom. The summed E-state index contributed by atoms with van der Waals surface area (Å²) >= 11 is 11.8. The summed E-state index contributed by atoms with van der Waals surface area (Å²) in [5.41, 5.74) is 1.44. The van der Waals surface area contributed by atoms with Gasteiger partial charge in [-0.1, -0.05) is 29.3 Å². The summed E-state index contributed by atoms with van der Waals surface area (Å²) in [5.74, 6) is 1.29. The highest BCUT2D eigenvalue weighted by Gasteiger charge is 2.12. The quantitative estimate of drug-likeness (QED) is 0.648. The molecule has 4 nitrogen and oxygen atoms in total. The first kappa shape index (κ1) is 15.7. The fourth-order valence-electron chi connectivity index (χ4n) is 2.14. The molecule has 1 N–H and O–H groups in total. The van der Waals surface area contributed by atoms with E-state index in [1.807, 2.05) is 18.2 Å². The van der Waals surface area contributed by atoms with Gasteiger partial charge >= 0.3 is 0 Å². The van der Waals surface area contributed by atoms with Gasteiger partial charge in [-0.15, -0.1) is 0 Å². The third kappa shape index (κ3) is 3.78. The van der Waals surface area contributed by atoms with E-state index in [9.17, 15) is 4.79 Å². The van der Waals surface area contributed by atoms with E-state index in [1.165, 1.54) is 6.08 Å². The zero-order chi connectivity index (χ0) is 16.2. The van der Waals surface area contributed by atoms with Crippen LogP contribution in [-0.4, -0.2) is 12.6 Å². The Morgan fingerprint density at radius 3 is 2.78 bits per heavy atom. The van der Waals surface area contributed by atoms with E-state index in [-0.39, 0.29) is 12.6 Å². The number of carbonyl (C=O) groups is 1. The van der Waals surface area contributed by atoms with Gasteiger partial charge < -0.3 is 14.8 Å². The zero-order valence-corrected chi connectivity index (χ0v) is 13.5. The number of rotatable bonds is 5. The Balaban J connectivity index is 1.57. The lowest BCUT2D eigenvalue weighted by Gasteiger charge is -2.03. The highest BCUT2D eigenvalue weighted by molar-refractivity contribution is 6.37. The molecule has 0 saturated carbocycles. The molecular weight excluding hydrogens is 337 g/mol. The molecule has 23 heavy (non-hydrogen) atoms. The molecule has 118 valence electrons. The largest absolute Gasteiger partial charge is 0.454 e. The maximum absolute atomic E-state index is 12.1. The molecule has 2 aromatic rings. The van der Waals surface area contributed by atoms with Gasteiger partial charge in [-0.2, -0.15) is 0 Å². The van der Waals surface area contributed by atoms with Crippen LogP contribution in [0.3, 0.4) is 0 Å². The van der Waals surface area contributed by atoms with Crippen molar-refractivity contribution in [3.63, 3.8) is 0 Å². The van der Waals surface area contributed by atoms with Gasteiger partial charge in [0.1, 0.15) is 0 Å². The monoisotopic (exact) mass is 349 g/mol. The van der Waals surface area contributed by atoms with Crippen LogP contribution >= 0.6 is 23.2 Å². The average Bonchev–Trinajstić information content (AvgIpc) is 2.99. The molecule has 0 aromatic heterocycles. The van der Waals surface area contributed by atoms with Crippen molar-refractivity contribution in [2.24, 2.45) is 0 Å². The first-order chi connectivity index (χ1) is 11.1. The Labute approximate surface area is 143 Å². The first-order valence-corrected chi connectivity index (χ1v) is 7.67. The maximum Gasteiger partial charge on any atom is 0.231 e. The Morgan fingerprint density at radius 1 is 1.13 bits per heavy atom. The highest BCUT2D eigenvalue weighted by atomic mass is 35.5. The predicted molar refractivity (Wildman–Crippen MR) is 89.3 cm³/mol. The smallest absolute Gasteiger partial charge is 0.231 e. The van der Waals surface area contributed by atoms with Crippen LogP contribution in [0.5, 0.6) is 11.5 Å². The molecule has 0 aliphatic carbocycles. The number of halogens is 2. The lowest BCUT2D eigenvalue weighted by molar-refractivity contribution is 0.104. The van der Waals surface area contributed by atoms with Crippen molar-refractivity contribution in [2.45, 2.75) is 6.54 Å². The minimum absolute atomic E-state index is 0.190. The molecule has 1 aliphatic rings. The van der Waals surface area contributed by atoms with Gasteiger partial charge in [0.2, 0.25) is 6.79 Å². The number of ether oxygens (including phenoxy) is 2. The number of fused-ring (bicyclic) bond motifs is 1. The molecule has 0 saturated heterocycles. The second-order valence-electron chi connectivity index (χ2n) is 4.89. The topological polar surface area (TPSA) is 47.6 Å². The van der Waals surface area contributed by atoms with Gasteiger partial charge in [-0.25, -0.2) is 0 Å². The standard InChI is InChI=1S/C17H13Cl2NO3/c18-12-2-3-13(14(19)8-12)15(21)5-6-20-9-11-1-4-16-17(7-11)23-10-22-16/h1-8,20H,9-10H2/b6-5+. The second kappa shape index (κ2) is 6.94. The Kier molecular flexibility index (Phi) is 4.74. The van der Waals surface area contributed by atoms with Gasteiger partial charge in [0.05, 0.1) is 5.02 Å². The molecular formula is C17H13Cl2NO3. The Bertz CT molecular complexity index is 774. The molecule has 0 unspecified atom stereocenters. The van der Waals surface area contributed by atoms with E-state index in [4.69, 9.17) is 32.7 Å². The average molecular weight is 350 g/mol.